The fraction of sp³-hybridized carbons (Fsp3) is 0.133. The van der Waals surface area contributed by atoms with Gasteiger partial charge in [0.2, 0.25) is 5.91 Å². The number of nitrogens with one attached hydrogen (secondary N) is 1. The lowest BCUT2D eigenvalue weighted by Crippen LogP contribution is -2.13. The van der Waals surface area contributed by atoms with Crippen LogP contribution in [-0.4, -0.2) is 11.7 Å². The van der Waals surface area contributed by atoms with Crippen LogP contribution in [0.1, 0.15) is 6.42 Å². The lowest BCUT2D eigenvalue weighted by Gasteiger charge is -2.06. The molecule has 0 aliphatic heterocycles. The van der Waals surface area contributed by atoms with E-state index >= 15 is 0 Å². The van der Waals surface area contributed by atoms with Gasteiger partial charge in [-0.3, -0.25) is 4.79 Å². The monoisotopic (exact) mass is 327 g/mol. The molecule has 0 aliphatic rings. The second-order valence-corrected chi connectivity index (χ2v) is 5.83. The maximum Gasteiger partial charge on any atom is 0.225 e. The van der Waals surface area contributed by atoms with Crippen molar-refractivity contribution in [1.29, 1.82) is 0 Å². The largest absolute Gasteiger partial charge is 0.324 e. The van der Waals surface area contributed by atoms with E-state index < -0.39 is 5.82 Å². The van der Waals surface area contributed by atoms with Gasteiger partial charge < -0.3 is 5.32 Å². The number of benzene rings is 2. The smallest absolute Gasteiger partial charge is 0.225 e. The van der Waals surface area contributed by atoms with Crippen LogP contribution in [-0.2, 0) is 4.79 Å². The molecule has 1 N–H and O–H groups in total. The van der Waals surface area contributed by atoms with Gasteiger partial charge in [-0.2, -0.15) is 0 Å². The van der Waals surface area contributed by atoms with Crippen molar-refractivity contribution in [3.8, 4) is 0 Å². The number of amides is 1. The number of rotatable bonds is 5. The van der Waals surface area contributed by atoms with E-state index in [1.54, 1.807) is 12.1 Å². The van der Waals surface area contributed by atoms with Gasteiger partial charge in [0.15, 0.2) is 0 Å². The number of thioether (sulfide) groups is 1. The van der Waals surface area contributed by atoms with Gasteiger partial charge in [0.05, 0.1) is 5.69 Å². The second kappa shape index (κ2) is 7.43. The molecule has 0 unspecified atom stereocenters. The van der Waals surface area contributed by atoms with Gasteiger partial charge >= 0.3 is 0 Å². The Balaban J connectivity index is 1.81. The van der Waals surface area contributed by atoms with E-state index in [2.05, 4.69) is 5.32 Å². The first-order valence-corrected chi connectivity index (χ1v) is 7.54. The first kappa shape index (κ1) is 15.8. The van der Waals surface area contributed by atoms with Gasteiger partial charge in [-0.1, -0.05) is 11.6 Å². The molecule has 0 aliphatic carbocycles. The topological polar surface area (TPSA) is 29.1 Å². The summed E-state index contributed by atoms with van der Waals surface area (Å²) in [5.74, 6) is -0.629. The molecule has 0 atom stereocenters. The lowest BCUT2D eigenvalue weighted by atomic mass is 10.3. The highest BCUT2D eigenvalue weighted by Crippen LogP contribution is 2.21. The third-order valence-corrected chi connectivity index (χ3v) is 3.87. The average Bonchev–Trinajstić information content (AvgIpc) is 2.44. The first-order chi connectivity index (χ1) is 10.0. The highest BCUT2D eigenvalue weighted by atomic mass is 35.5. The number of carbonyl (C=O) groups is 1. The molecule has 21 heavy (non-hydrogen) atoms. The predicted molar refractivity (Wildman–Crippen MR) is 81.8 cm³/mol. The normalized spacial score (nSPS) is 10.4. The van der Waals surface area contributed by atoms with E-state index in [0.29, 0.717) is 5.75 Å². The third kappa shape index (κ3) is 5.02. The summed E-state index contributed by atoms with van der Waals surface area (Å²) in [6, 6.07) is 10.1. The summed E-state index contributed by atoms with van der Waals surface area (Å²) in [5.41, 5.74) is 0.108. The van der Waals surface area contributed by atoms with Crippen molar-refractivity contribution in [2.45, 2.75) is 11.3 Å². The zero-order valence-corrected chi connectivity index (χ0v) is 12.5. The number of hydrogen-bond acceptors (Lipinski definition) is 2. The van der Waals surface area contributed by atoms with E-state index in [-0.39, 0.29) is 28.9 Å². The van der Waals surface area contributed by atoms with Crippen molar-refractivity contribution >= 4 is 35.0 Å². The molecular weight excluding hydrogens is 316 g/mol. The van der Waals surface area contributed by atoms with Gasteiger partial charge in [-0.05, 0) is 42.5 Å². The Hall–Kier alpha value is -1.59. The Morgan fingerprint density at radius 2 is 1.86 bits per heavy atom. The minimum Gasteiger partial charge on any atom is -0.324 e. The number of carbonyl (C=O) groups excluding carboxylic acids is 1. The zero-order valence-electron chi connectivity index (χ0n) is 10.9. The van der Waals surface area contributed by atoms with Crippen molar-refractivity contribution in [3.63, 3.8) is 0 Å². The molecule has 0 bridgehead atoms. The van der Waals surface area contributed by atoms with Crippen molar-refractivity contribution in [2.75, 3.05) is 11.1 Å². The highest BCUT2D eigenvalue weighted by Gasteiger charge is 2.07. The Morgan fingerprint density at radius 1 is 1.14 bits per heavy atom. The summed E-state index contributed by atoms with van der Waals surface area (Å²) >= 11 is 7.07. The van der Waals surface area contributed by atoms with Crippen molar-refractivity contribution < 1.29 is 13.6 Å². The van der Waals surface area contributed by atoms with Crippen LogP contribution in [0.15, 0.2) is 47.4 Å². The van der Waals surface area contributed by atoms with Gasteiger partial charge in [0, 0.05) is 22.1 Å². The molecule has 0 saturated heterocycles. The SMILES string of the molecule is O=C(CCSc1ccc(F)cc1)Nc1ccc(Cl)cc1F. The molecular formula is C15H12ClF2NOS. The molecule has 2 rings (SSSR count). The van der Waals surface area contributed by atoms with Crippen LogP contribution in [0.5, 0.6) is 0 Å². The molecule has 0 fully saturated rings. The fourth-order valence-corrected chi connectivity index (χ4v) is 2.61. The van der Waals surface area contributed by atoms with E-state index in [0.717, 1.165) is 11.0 Å². The molecule has 0 aromatic heterocycles. The predicted octanol–water partition coefficient (Wildman–Crippen LogP) is 4.74. The summed E-state index contributed by atoms with van der Waals surface area (Å²) < 4.78 is 26.2. The van der Waals surface area contributed by atoms with E-state index in [1.165, 1.54) is 36.0 Å². The van der Waals surface area contributed by atoms with Gasteiger partial charge in [-0.25, -0.2) is 8.78 Å². The molecule has 0 saturated carbocycles. The van der Waals surface area contributed by atoms with Gasteiger partial charge in [0.1, 0.15) is 11.6 Å². The van der Waals surface area contributed by atoms with Gasteiger partial charge in [0.25, 0.3) is 0 Å². The molecule has 2 aromatic carbocycles. The van der Waals surface area contributed by atoms with Crippen LogP contribution in [0.2, 0.25) is 5.02 Å². The molecule has 0 radical (unpaired) electrons. The summed E-state index contributed by atoms with van der Waals surface area (Å²) in [4.78, 5) is 12.6. The minimum atomic E-state index is -0.568. The molecule has 2 aromatic rings. The van der Waals surface area contributed by atoms with Crippen molar-refractivity contribution in [3.05, 3.63) is 59.1 Å². The Kier molecular flexibility index (Phi) is 5.59. The maximum absolute atomic E-state index is 13.5. The van der Waals surface area contributed by atoms with Crippen LogP contribution in [0.3, 0.4) is 0 Å². The van der Waals surface area contributed by atoms with Crippen LogP contribution >= 0.6 is 23.4 Å². The Bertz CT molecular complexity index is 634. The van der Waals surface area contributed by atoms with Crippen LogP contribution in [0.25, 0.3) is 0 Å². The van der Waals surface area contributed by atoms with E-state index in [4.69, 9.17) is 11.6 Å². The minimum absolute atomic E-state index is 0.108. The summed E-state index contributed by atoms with van der Waals surface area (Å²) in [7, 11) is 0. The second-order valence-electron chi connectivity index (χ2n) is 4.22. The summed E-state index contributed by atoms with van der Waals surface area (Å²) in [5, 5.41) is 2.76. The molecule has 6 heteroatoms. The maximum atomic E-state index is 13.5. The highest BCUT2D eigenvalue weighted by molar-refractivity contribution is 7.99. The van der Waals surface area contributed by atoms with Crippen LogP contribution in [0, 0.1) is 11.6 Å². The van der Waals surface area contributed by atoms with E-state index in [9.17, 15) is 13.6 Å². The Morgan fingerprint density at radius 3 is 2.52 bits per heavy atom. The summed E-state index contributed by atoms with van der Waals surface area (Å²) in [6.07, 6.45) is 0.226. The van der Waals surface area contributed by atoms with Gasteiger partial charge in [-0.15, -0.1) is 11.8 Å². The standard InChI is InChI=1S/C15H12ClF2NOS/c16-10-1-6-14(13(18)9-10)19-15(20)7-8-21-12-4-2-11(17)3-5-12/h1-6,9H,7-8H2,(H,19,20). The quantitative estimate of drug-likeness (QED) is 0.804. The van der Waals surface area contributed by atoms with Crippen molar-refractivity contribution in [1.82, 2.24) is 0 Å². The van der Waals surface area contributed by atoms with Crippen LogP contribution in [0.4, 0.5) is 14.5 Å². The molecule has 0 heterocycles. The first-order valence-electron chi connectivity index (χ1n) is 6.18. The molecule has 110 valence electrons. The van der Waals surface area contributed by atoms with Crippen molar-refractivity contribution in [2.24, 2.45) is 0 Å². The lowest BCUT2D eigenvalue weighted by molar-refractivity contribution is -0.115. The zero-order chi connectivity index (χ0) is 15.2. The summed E-state index contributed by atoms with van der Waals surface area (Å²) in [6.45, 7) is 0. The average molecular weight is 328 g/mol. The molecule has 2 nitrogen and oxygen atoms in total. The number of anilines is 1. The van der Waals surface area contributed by atoms with E-state index in [1.807, 2.05) is 0 Å². The Labute approximate surface area is 130 Å². The molecule has 0 spiro atoms. The number of hydrogen-bond donors (Lipinski definition) is 1. The molecule has 1 amide bonds. The third-order valence-electron chi connectivity index (χ3n) is 2.62. The fourth-order valence-electron chi connectivity index (χ4n) is 1.60. The number of halogens is 3. The van der Waals surface area contributed by atoms with Crippen LogP contribution < -0.4 is 5.32 Å².